The molecule has 0 spiro atoms. The number of esters is 3. The summed E-state index contributed by atoms with van der Waals surface area (Å²) in [4.78, 5) is 38.0. The van der Waals surface area contributed by atoms with Gasteiger partial charge in [-0.25, -0.2) is 0 Å². The highest BCUT2D eigenvalue weighted by atomic mass is 16.6. The average molecular weight is 877 g/mol. The molecule has 0 aromatic rings. The van der Waals surface area contributed by atoms with Crippen molar-refractivity contribution in [2.45, 2.75) is 245 Å². The minimum Gasteiger partial charge on any atom is -0.462 e. The van der Waals surface area contributed by atoms with Crippen LogP contribution in [0.1, 0.15) is 239 Å². The van der Waals surface area contributed by atoms with Crippen molar-refractivity contribution >= 4 is 17.9 Å². The quantitative estimate of drug-likeness (QED) is 0.0262. The Morgan fingerprint density at radius 1 is 0.333 bits per heavy atom. The summed E-state index contributed by atoms with van der Waals surface area (Å²) >= 11 is 0. The van der Waals surface area contributed by atoms with Crippen molar-refractivity contribution in [2.24, 2.45) is 0 Å². The molecule has 0 saturated heterocycles. The summed E-state index contributed by atoms with van der Waals surface area (Å²) in [5, 5.41) is 0. The van der Waals surface area contributed by atoms with Gasteiger partial charge in [-0.3, -0.25) is 14.4 Å². The number of hydrogen-bond donors (Lipinski definition) is 0. The molecule has 0 aliphatic heterocycles. The summed E-state index contributed by atoms with van der Waals surface area (Å²) in [6, 6.07) is 0. The van der Waals surface area contributed by atoms with Crippen LogP contribution in [-0.4, -0.2) is 37.2 Å². The van der Waals surface area contributed by atoms with Crippen LogP contribution in [0, 0.1) is 0 Å². The van der Waals surface area contributed by atoms with Crippen LogP contribution in [0.4, 0.5) is 0 Å². The van der Waals surface area contributed by atoms with Crippen LogP contribution in [0.15, 0.2) is 85.1 Å². The molecule has 0 bridgehead atoms. The Kier molecular flexibility index (Phi) is 48.5. The van der Waals surface area contributed by atoms with Crippen molar-refractivity contribution in [1.82, 2.24) is 0 Å². The van der Waals surface area contributed by atoms with Gasteiger partial charge in [-0.1, -0.05) is 196 Å². The fourth-order valence-electron chi connectivity index (χ4n) is 6.94. The van der Waals surface area contributed by atoms with E-state index in [0.717, 1.165) is 103 Å². The predicted molar refractivity (Wildman–Crippen MR) is 270 cm³/mol. The van der Waals surface area contributed by atoms with E-state index in [1.807, 2.05) is 0 Å². The normalized spacial score (nSPS) is 12.7. The molecule has 1 atom stereocenters. The second-order valence-corrected chi connectivity index (χ2v) is 17.0. The zero-order chi connectivity index (χ0) is 45.8. The Morgan fingerprint density at radius 2 is 0.635 bits per heavy atom. The lowest BCUT2D eigenvalue weighted by atomic mass is 10.1. The number of allylic oxidation sites excluding steroid dienone is 14. The van der Waals surface area contributed by atoms with Gasteiger partial charge in [0.05, 0.1) is 0 Å². The molecular weight excluding hydrogens is 781 g/mol. The number of hydrogen-bond acceptors (Lipinski definition) is 6. The van der Waals surface area contributed by atoms with E-state index < -0.39 is 6.10 Å². The van der Waals surface area contributed by atoms with Crippen molar-refractivity contribution in [2.75, 3.05) is 13.2 Å². The molecule has 6 nitrogen and oxygen atoms in total. The second-order valence-electron chi connectivity index (χ2n) is 17.0. The smallest absolute Gasteiger partial charge is 0.306 e. The molecule has 0 amide bonds. The second kappa shape index (κ2) is 51.2. The number of unbranched alkanes of at least 4 members (excludes halogenated alkanes) is 21. The Balaban J connectivity index is 4.50. The Labute approximate surface area is 388 Å². The molecule has 360 valence electrons. The average Bonchev–Trinajstić information content (AvgIpc) is 3.28. The number of carbonyl (C=O) groups excluding carboxylic acids is 3. The van der Waals surface area contributed by atoms with Crippen LogP contribution < -0.4 is 0 Å². The molecule has 0 saturated carbocycles. The minimum atomic E-state index is -0.806. The van der Waals surface area contributed by atoms with Gasteiger partial charge in [-0.15, -0.1) is 0 Å². The van der Waals surface area contributed by atoms with Crippen LogP contribution in [0.25, 0.3) is 0 Å². The van der Waals surface area contributed by atoms with Gasteiger partial charge in [0.15, 0.2) is 6.10 Å². The molecule has 0 aromatic heterocycles. The molecule has 0 rings (SSSR count). The van der Waals surface area contributed by atoms with Crippen molar-refractivity contribution in [3.05, 3.63) is 85.1 Å². The Morgan fingerprint density at radius 3 is 1.05 bits per heavy atom. The summed E-state index contributed by atoms with van der Waals surface area (Å²) in [5.41, 5.74) is 0. The minimum absolute atomic E-state index is 0.102. The molecule has 0 fully saturated rings. The molecule has 0 radical (unpaired) electrons. The van der Waals surface area contributed by atoms with E-state index in [2.05, 4.69) is 106 Å². The maximum atomic E-state index is 12.8. The molecule has 0 aliphatic rings. The van der Waals surface area contributed by atoms with E-state index in [4.69, 9.17) is 14.2 Å². The van der Waals surface area contributed by atoms with Gasteiger partial charge in [0.1, 0.15) is 13.2 Å². The van der Waals surface area contributed by atoms with E-state index >= 15 is 0 Å². The van der Waals surface area contributed by atoms with E-state index in [-0.39, 0.29) is 37.5 Å². The molecule has 6 heteroatoms. The number of rotatable bonds is 46. The first-order valence-corrected chi connectivity index (χ1v) is 26.1. The van der Waals surface area contributed by atoms with Gasteiger partial charge in [0.25, 0.3) is 0 Å². The van der Waals surface area contributed by atoms with Crippen molar-refractivity contribution in [3.8, 4) is 0 Å². The van der Waals surface area contributed by atoms with Gasteiger partial charge >= 0.3 is 17.9 Å². The van der Waals surface area contributed by atoms with Gasteiger partial charge in [0.2, 0.25) is 0 Å². The third-order valence-corrected chi connectivity index (χ3v) is 10.9. The summed E-state index contributed by atoms with van der Waals surface area (Å²) in [7, 11) is 0. The number of carbonyl (C=O) groups is 3. The van der Waals surface area contributed by atoms with E-state index in [1.165, 1.54) is 89.9 Å². The molecule has 1 unspecified atom stereocenters. The third-order valence-electron chi connectivity index (χ3n) is 10.9. The van der Waals surface area contributed by atoms with E-state index in [9.17, 15) is 14.4 Å². The lowest BCUT2D eigenvalue weighted by Crippen LogP contribution is -2.30. The van der Waals surface area contributed by atoms with E-state index in [0.29, 0.717) is 19.3 Å². The molecular formula is C57H96O6. The molecule has 0 aromatic carbocycles. The van der Waals surface area contributed by atoms with Crippen molar-refractivity contribution in [1.29, 1.82) is 0 Å². The summed E-state index contributed by atoms with van der Waals surface area (Å²) in [5.74, 6) is -0.980. The molecule has 0 aliphatic carbocycles. The number of ether oxygens (including phenoxy) is 3. The monoisotopic (exact) mass is 877 g/mol. The third kappa shape index (κ3) is 49.5. The SMILES string of the molecule is CC/C=C\C/C=C\C/C=C\C/C=C\C/C=C\CCCC(=O)OCC(COC(=O)CCCCCCC/C=C\CCCCCCC)OC(=O)CCCCCCC/C=C\CCCCCCC. The molecule has 0 heterocycles. The molecule has 63 heavy (non-hydrogen) atoms. The maximum absolute atomic E-state index is 12.8. The molecule has 0 N–H and O–H groups in total. The first-order chi connectivity index (χ1) is 31.0. The zero-order valence-electron chi connectivity index (χ0n) is 41.1. The van der Waals surface area contributed by atoms with Gasteiger partial charge in [0, 0.05) is 19.3 Å². The van der Waals surface area contributed by atoms with Crippen molar-refractivity contribution < 1.29 is 28.6 Å². The summed E-state index contributed by atoms with van der Waals surface area (Å²) < 4.78 is 16.7. The van der Waals surface area contributed by atoms with E-state index in [1.54, 1.807) is 0 Å². The van der Waals surface area contributed by atoms with Crippen LogP contribution in [0.2, 0.25) is 0 Å². The van der Waals surface area contributed by atoms with Crippen molar-refractivity contribution in [3.63, 3.8) is 0 Å². The maximum Gasteiger partial charge on any atom is 0.306 e. The summed E-state index contributed by atoms with van der Waals surface area (Å²) in [6.07, 6.45) is 65.7. The zero-order valence-corrected chi connectivity index (χ0v) is 41.1. The highest BCUT2D eigenvalue weighted by Gasteiger charge is 2.19. The van der Waals surface area contributed by atoms with Gasteiger partial charge < -0.3 is 14.2 Å². The topological polar surface area (TPSA) is 78.9 Å². The Bertz CT molecular complexity index is 1240. The lowest BCUT2D eigenvalue weighted by molar-refractivity contribution is -0.167. The first kappa shape index (κ1) is 59.6. The van der Waals surface area contributed by atoms with Crippen LogP contribution in [0.5, 0.6) is 0 Å². The largest absolute Gasteiger partial charge is 0.462 e. The fraction of sp³-hybridized carbons (Fsp3) is 0.702. The van der Waals surface area contributed by atoms with Crippen LogP contribution in [-0.2, 0) is 28.6 Å². The summed E-state index contributed by atoms with van der Waals surface area (Å²) in [6.45, 7) is 6.44. The van der Waals surface area contributed by atoms with Gasteiger partial charge in [-0.05, 0) is 109 Å². The highest BCUT2D eigenvalue weighted by Crippen LogP contribution is 2.13. The highest BCUT2D eigenvalue weighted by molar-refractivity contribution is 5.71. The first-order valence-electron chi connectivity index (χ1n) is 26.1. The van der Waals surface area contributed by atoms with Gasteiger partial charge in [-0.2, -0.15) is 0 Å². The van der Waals surface area contributed by atoms with Crippen LogP contribution >= 0.6 is 0 Å². The lowest BCUT2D eigenvalue weighted by Gasteiger charge is -2.18. The predicted octanol–water partition coefficient (Wildman–Crippen LogP) is 17.2. The standard InChI is InChI=1S/C57H96O6/c1-4-7-10-13-16-19-22-25-28-29-30-33-35-38-41-44-47-50-56(59)62-53-54(63-57(60)51-48-45-42-39-36-32-27-24-21-18-15-12-9-6-3)52-61-55(58)49-46-43-40-37-34-31-26-23-20-17-14-11-8-5-2/h7,10,16,19,23-28,30,33,38,41,54H,4-6,8-9,11-15,17-18,20-22,29,31-32,34-37,39-40,42-53H2,1-3H3/b10-7-,19-16-,26-23-,27-24-,28-25-,33-30-,41-38-. The fourth-order valence-corrected chi connectivity index (χ4v) is 6.94. The Hall–Kier alpha value is -3.41. The van der Waals surface area contributed by atoms with Crippen LogP contribution in [0.3, 0.4) is 0 Å².